The van der Waals surface area contributed by atoms with Crippen LogP contribution in [-0.4, -0.2) is 22.8 Å². The summed E-state index contributed by atoms with van der Waals surface area (Å²) in [6.07, 6.45) is 1.79. The third-order valence-electron chi connectivity index (χ3n) is 4.63. The van der Waals surface area contributed by atoms with Gasteiger partial charge < -0.3 is 0 Å². The van der Waals surface area contributed by atoms with Crippen molar-refractivity contribution in [2.75, 3.05) is 0 Å². The van der Waals surface area contributed by atoms with Crippen molar-refractivity contribution in [2.24, 2.45) is 27.2 Å². The Morgan fingerprint density at radius 2 is 1.35 bits per heavy atom. The van der Waals surface area contributed by atoms with Gasteiger partial charge in [0.25, 0.3) is 0 Å². The summed E-state index contributed by atoms with van der Waals surface area (Å²) in [5.41, 5.74) is 0.710. The van der Waals surface area contributed by atoms with Crippen molar-refractivity contribution < 1.29 is 4.39 Å². The molecule has 136 valence electrons. The number of rotatable bonds is 7. The first-order chi connectivity index (χ1) is 10.1. The Labute approximate surface area is 144 Å². The zero-order chi connectivity index (χ0) is 18.6. The van der Waals surface area contributed by atoms with E-state index in [1.54, 1.807) is 0 Å². The average Bonchev–Trinajstić information content (AvgIpc) is 2.33. The highest BCUT2D eigenvalue weighted by molar-refractivity contribution is 5.87. The van der Waals surface area contributed by atoms with E-state index < -0.39 is 0 Å². The molecular weight excluding hydrogens is 287 g/mol. The van der Waals surface area contributed by atoms with Crippen LogP contribution in [0.3, 0.4) is 0 Å². The normalized spacial score (nSPS) is 16.9. The molecule has 0 saturated carbocycles. The predicted octanol–water partition coefficient (Wildman–Crippen LogP) is 6.49. The molecule has 0 N–H and O–H groups in total. The van der Waals surface area contributed by atoms with Gasteiger partial charge in [-0.2, -0.15) is 4.39 Å². The largest absolute Gasteiger partial charge is 0.288 e. The van der Waals surface area contributed by atoms with Gasteiger partial charge in [-0.1, -0.05) is 34.6 Å². The number of aliphatic imine (C=N–C) groups is 2. The van der Waals surface area contributed by atoms with Gasteiger partial charge in [0.1, 0.15) is 0 Å². The molecule has 2 nitrogen and oxygen atoms in total. The SMILES string of the molecule is C/C(=N/C(C)(C)C)C(C)(C)CCC(C)(C)/N=C(/F)C(C)C(C)C. The van der Waals surface area contributed by atoms with Gasteiger partial charge in [-0.3, -0.25) is 9.98 Å². The smallest absolute Gasteiger partial charge is 0.188 e. The summed E-state index contributed by atoms with van der Waals surface area (Å²) >= 11 is 0. The highest BCUT2D eigenvalue weighted by Gasteiger charge is 2.28. The minimum Gasteiger partial charge on any atom is -0.288 e. The van der Waals surface area contributed by atoms with Crippen molar-refractivity contribution in [2.45, 2.75) is 100 Å². The summed E-state index contributed by atoms with van der Waals surface area (Å²) in [7, 11) is 0. The van der Waals surface area contributed by atoms with Crippen molar-refractivity contribution in [1.29, 1.82) is 0 Å². The summed E-state index contributed by atoms with van der Waals surface area (Å²) < 4.78 is 14.3. The summed E-state index contributed by atoms with van der Waals surface area (Å²) in [5, 5.41) is 0. The van der Waals surface area contributed by atoms with E-state index in [1.165, 1.54) is 0 Å². The first-order valence-corrected chi connectivity index (χ1v) is 8.89. The quantitative estimate of drug-likeness (QED) is 0.478. The minimum atomic E-state index is -0.382. The second-order valence-electron chi connectivity index (χ2n) is 9.53. The molecule has 1 atom stereocenters. The Kier molecular flexibility index (Phi) is 7.64. The topological polar surface area (TPSA) is 24.7 Å². The molecule has 0 aromatic heterocycles. The summed E-state index contributed by atoms with van der Waals surface area (Å²) in [4.78, 5) is 9.18. The third-order valence-corrected chi connectivity index (χ3v) is 4.63. The summed E-state index contributed by atoms with van der Waals surface area (Å²) in [5.74, 6) is -0.0680. The summed E-state index contributed by atoms with van der Waals surface area (Å²) in [6.45, 7) is 22.9. The van der Waals surface area contributed by atoms with Gasteiger partial charge in [0.15, 0.2) is 5.97 Å². The number of halogens is 1. The van der Waals surface area contributed by atoms with Gasteiger partial charge in [0, 0.05) is 17.0 Å². The maximum atomic E-state index is 14.3. The van der Waals surface area contributed by atoms with Crippen molar-refractivity contribution in [3.63, 3.8) is 0 Å². The molecule has 0 radical (unpaired) electrons. The molecule has 0 aromatic carbocycles. The third kappa shape index (κ3) is 8.62. The standard InChI is InChI=1S/C20H39FN2/c1-14(2)15(3)17(21)23-20(10,11)13-12-19(8,9)16(4)22-18(5,6)7/h14-15H,12-13H2,1-11H3/b22-16-,23-17+. The molecule has 23 heavy (non-hydrogen) atoms. The number of hydrogen-bond acceptors (Lipinski definition) is 2. The van der Waals surface area contributed by atoms with Gasteiger partial charge in [-0.25, -0.2) is 0 Å². The van der Waals surface area contributed by atoms with Gasteiger partial charge in [0.05, 0.1) is 11.1 Å². The first kappa shape index (κ1) is 22.3. The van der Waals surface area contributed by atoms with Crippen LogP contribution in [0, 0.1) is 17.3 Å². The van der Waals surface area contributed by atoms with Gasteiger partial charge in [-0.15, -0.1) is 0 Å². The zero-order valence-electron chi connectivity index (χ0n) is 17.3. The minimum absolute atomic E-state index is 0.000209. The Morgan fingerprint density at radius 3 is 1.74 bits per heavy atom. The Hall–Kier alpha value is -0.730. The number of hydrogen-bond donors (Lipinski definition) is 0. The highest BCUT2D eigenvalue weighted by atomic mass is 19.1. The molecule has 0 aliphatic heterocycles. The van der Waals surface area contributed by atoms with E-state index in [2.05, 4.69) is 46.5 Å². The van der Waals surface area contributed by atoms with Gasteiger partial charge in [-0.05, 0) is 60.3 Å². The second kappa shape index (κ2) is 7.90. The molecule has 0 saturated heterocycles. The van der Waals surface area contributed by atoms with E-state index >= 15 is 0 Å². The Morgan fingerprint density at radius 1 is 0.870 bits per heavy atom. The van der Waals surface area contributed by atoms with E-state index in [0.29, 0.717) is 0 Å². The molecule has 3 heteroatoms. The lowest BCUT2D eigenvalue weighted by molar-refractivity contribution is 0.362. The fourth-order valence-corrected chi connectivity index (χ4v) is 2.18. The van der Waals surface area contributed by atoms with E-state index in [9.17, 15) is 4.39 Å². The Balaban J connectivity index is 5.01. The van der Waals surface area contributed by atoms with Crippen LogP contribution in [0.1, 0.15) is 89.0 Å². The molecule has 0 spiro atoms. The van der Waals surface area contributed by atoms with Crippen molar-refractivity contribution >= 4 is 11.7 Å². The average molecular weight is 327 g/mol. The molecule has 0 rings (SSSR count). The van der Waals surface area contributed by atoms with Crippen molar-refractivity contribution in [3.8, 4) is 0 Å². The van der Waals surface area contributed by atoms with Crippen LogP contribution in [0.2, 0.25) is 0 Å². The van der Waals surface area contributed by atoms with Crippen LogP contribution in [0.15, 0.2) is 9.98 Å². The van der Waals surface area contributed by atoms with E-state index in [-0.39, 0.29) is 34.3 Å². The first-order valence-electron chi connectivity index (χ1n) is 8.89. The molecule has 0 aliphatic rings. The lowest BCUT2D eigenvalue weighted by atomic mass is 9.79. The van der Waals surface area contributed by atoms with Crippen LogP contribution < -0.4 is 0 Å². The van der Waals surface area contributed by atoms with Gasteiger partial charge in [0.2, 0.25) is 0 Å². The lowest BCUT2D eigenvalue weighted by Crippen LogP contribution is -2.29. The predicted molar refractivity (Wildman–Crippen MR) is 103 cm³/mol. The fourth-order valence-electron chi connectivity index (χ4n) is 2.18. The molecule has 0 aromatic rings. The van der Waals surface area contributed by atoms with Gasteiger partial charge >= 0.3 is 0 Å². The van der Waals surface area contributed by atoms with Crippen LogP contribution in [0.4, 0.5) is 4.39 Å². The Bertz CT molecular complexity index is 437. The second-order valence-corrected chi connectivity index (χ2v) is 9.53. The summed E-state index contributed by atoms with van der Waals surface area (Å²) in [6, 6.07) is 0. The van der Waals surface area contributed by atoms with E-state index in [1.807, 2.05) is 34.6 Å². The highest BCUT2D eigenvalue weighted by Crippen LogP contribution is 2.31. The lowest BCUT2D eigenvalue weighted by Gasteiger charge is -2.31. The zero-order valence-corrected chi connectivity index (χ0v) is 17.3. The molecule has 0 bridgehead atoms. The molecule has 0 amide bonds. The van der Waals surface area contributed by atoms with Crippen LogP contribution in [0.25, 0.3) is 0 Å². The maximum absolute atomic E-state index is 14.3. The van der Waals surface area contributed by atoms with Crippen molar-refractivity contribution in [3.05, 3.63) is 0 Å². The monoisotopic (exact) mass is 326 g/mol. The molecule has 1 unspecified atom stereocenters. The van der Waals surface area contributed by atoms with E-state index in [4.69, 9.17) is 4.99 Å². The van der Waals surface area contributed by atoms with E-state index in [0.717, 1.165) is 18.6 Å². The molecular formula is C20H39FN2. The van der Waals surface area contributed by atoms with Crippen LogP contribution in [-0.2, 0) is 0 Å². The van der Waals surface area contributed by atoms with Crippen LogP contribution >= 0.6 is 0 Å². The van der Waals surface area contributed by atoms with Crippen molar-refractivity contribution in [1.82, 2.24) is 0 Å². The molecule has 0 heterocycles. The molecule has 0 fully saturated rings. The maximum Gasteiger partial charge on any atom is 0.188 e. The fraction of sp³-hybridized carbons (Fsp3) is 0.900. The number of nitrogens with zero attached hydrogens (tertiary/aromatic N) is 2. The van der Waals surface area contributed by atoms with Crippen LogP contribution in [0.5, 0.6) is 0 Å². The molecule has 0 aliphatic carbocycles.